The number of rotatable bonds is 6. The molecule has 94 valence electrons. The highest BCUT2D eigenvalue weighted by Gasteiger charge is 2.33. The second kappa shape index (κ2) is 5.52. The summed E-state index contributed by atoms with van der Waals surface area (Å²) in [4.78, 5) is 2.50. The van der Waals surface area contributed by atoms with Crippen LogP contribution in [-0.2, 0) is 0 Å². The third-order valence-corrected chi connectivity index (χ3v) is 3.50. The number of para-hydroxylation sites is 1. The second-order valence-corrected chi connectivity index (χ2v) is 4.56. The van der Waals surface area contributed by atoms with E-state index in [0.717, 1.165) is 18.3 Å². The minimum absolute atomic E-state index is 0.281. The molecule has 1 saturated carbocycles. The molecule has 1 aliphatic rings. The number of hydrogen-bond acceptors (Lipinski definition) is 3. The van der Waals surface area contributed by atoms with E-state index in [1.54, 1.807) is 7.11 Å². The summed E-state index contributed by atoms with van der Waals surface area (Å²) in [5.74, 6) is 0.946. The highest BCUT2D eigenvalue weighted by atomic mass is 16.5. The maximum atomic E-state index is 5.97. The number of benzene rings is 1. The van der Waals surface area contributed by atoms with Gasteiger partial charge in [0.05, 0.1) is 13.2 Å². The third kappa shape index (κ3) is 2.61. The monoisotopic (exact) mass is 234 g/mol. The van der Waals surface area contributed by atoms with Gasteiger partial charge < -0.3 is 10.5 Å². The van der Waals surface area contributed by atoms with Crippen molar-refractivity contribution in [2.75, 3.05) is 20.2 Å². The van der Waals surface area contributed by atoms with Crippen molar-refractivity contribution >= 4 is 0 Å². The van der Waals surface area contributed by atoms with E-state index in [-0.39, 0.29) is 6.04 Å². The van der Waals surface area contributed by atoms with E-state index in [9.17, 15) is 0 Å². The molecule has 17 heavy (non-hydrogen) atoms. The third-order valence-electron chi connectivity index (χ3n) is 3.50. The summed E-state index contributed by atoms with van der Waals surface area (Å²) in [5, 5.41) is 0. The molecule has 0 spiro atoms. The molecule has 1 aliphatic carbocycles. The number of nitrogens with two attached hydrogens (primary N) is 1. The van der Waals surface area contributed by atoms with Crippen LogP contribution in [0.3, 0.4) is 0 Å². The van der Waals surface area contributed by atoms with Crippen molar-refractivity contribution in [1.29, 1.82) is 0 Å². The molecule has 3 heteroatoms. The van der Waals surface area contributed by atoms with Gasteiger partial charge in [-0.15, -0.1) is 0 Å². The molecule has 0 aromatic heterocycles. The first-order valence-corrected chi connectivity index (χ1v) is 6.40. The predicted molar refractivity (Wildman–Crippen MR) is 70.2 cm³/mol. The lowest BCUT2D eigenvalue weighted by Crippen LogP contribution is -2.35. The summed E-state index contributed by atoms with van der Waals surface area (Å²) in [6.45, 7) is 3.89. The summed E-state index contributed by atoms with van der Waals surface area (Å²) < 4.78 is 5.44. The van der Waals surface area contributed by atoms with E-state index >= 15 is 0 Å². The van der Waals surface area contributed by atoms with Crippen LogP contribution in [0, 0.1) is 0 Å². The SMILES string of the molecule is CCN(C1CC1)C(CN)c1ccccc1OC. The van der Waals surface area contributed by atoms with Crippen LogP contribution in [0.5, 0.6) is 5.75 Å². The second-order valence-electron chi connectivity index (χ2n) is 4.56. The van der Waals surface area contributed by atoms with Gasteiger partial charge >= 0.3 is 0 Å². The predicted octanol–water partition coefficient (Wildman–Crippen LogP) is 2.18. The first kappa shape index (κ1) is 12.4. The Kier molecular flexibility index (Phi) is 4.02. The van der Waals surface area contributed by atoms with Crippen molar-refractivity contribution in [2.24, 2.45) is 5.73 Å². The Morgan fingerprint density at radius 3 is 2.65 bits per heavy atom. The summed E-state index contributed by atoms with van der Waals surface area (Å²) in [6, 6.07) is 9.20. The minimum atomic E-state index is 0.281. The van der Waals surface area contributed by atoms with Crippen molar-refractivity contribution in [3.63, 3.8) is 0 Å². The van der Waals surface area contributed by atoms with Gasteiger partial charge in [0.1, 0.15) is 5.75 Å². The lowest BCUT2D eigenvalue weighted by Gasteiger charge is -2.31. The molecule has 0 amide bonds. The van der Waals surface area contributed by atoms with Crippen LogP contribution in [0.15, 0.2) is 24.3 Å². The average Bonchev–Trinajstić information content (AvgIpc) is 3.20. The van der Waals surface area contributed by atoms with Gasteiger partial charge in [0, 0.05) is 18.2 Å². The van der Waals surface area contributed by atoms with Crippen molar-refractivity contribution in [2.45, 2.75) is 31.8 Å². The highest BCUT2D eigenvalue weighted by molar-refractivity contribution is 5.36. The van der Waals surface area contributed by atoms with E-state index in [2.05, 4.69) is 24.0 Å². The van der Waals surface area contributed by atoms with Gasteiger partial charge in [0.2, 0.25) is 0 Å². The standard InChI is InChI=1S/C14H22N2O/c1-3-16(11-8-9-11)13(10-15)12-6-4-5-7-14(12)17-2/h4-7,11,13H,3,8-10,15H2,1-2H3. The number of likely N-dealkylation sites (N-methyl/N-ethyl adjacent to an activating group) is 1. The molecule has 1 atom stereocenters. The van der Waals surface area contributed by atoms with E-state index in [1.807, 2.05) is 12.1 Å². The number of methoxy groups -OCH3 is 1. The number of ether oxygens (including phenoxy) is 1. The van der Waals surface area contributed by atoms with Crippen LogP contribution in [0.25, 0.3) is 0 Å². The van der Waals surface area contributed by atoms with E-state index < -0.39 is 0 Å². The van der Waals surface area contributed by atoms with Crippen LogP contribution >= 0.6 is 0 Å². The van der Waals surface area contributed by atoms with Gasteiger partial charge in [0.25, 0.3) is 0 Å². The number of nitrogens with zero attached hydrogens (tertiary/aromatic N) is 1. The van der Waals surface area contributed by atoms with Crippen LogP contribution in [0.1, 0.15) is 31.4 Å². The molecule has 2 N–H and O–H groups in total. The van der Waals surface area contributed by atoms with Crippen LogP contribution in [0.2, 0.25) is 0 Å². The molecule has 0 bridgehead atoms. The first-order valence-electron chi connectivity index (χ1n) is 6.40. The molecule has 0 aliphatic heterocycles. The van der Waals surface area contributed by atoms with Crippen LogP contribution < -0.4 is 10.5 Å². The molecule has 0 radical (unpaired) electrons. The molecule has 0 saturated heterocycles. The van der Waals surface area contributed by atoms with Crippen LogP contribution in [-0.4, -0.2) is 31.1 Å². The van der Waals surface area contributed by atoms with Gasteiger partial charge in [-0.2, -0.15) is 0 Å². The smallest absolute Gasteiger partial charge is 0.123 e. The van der Waals surface area contributed by atoms with Gasteiger partial charge in [-0.1, -0.05) is 25.1 Å². The largest absolute Gasteiger partial charge is 0.496 e. The Morgan fingerprint density at radius 2 is 2.12 bits per heavy atom. The first-order chi connectivity index (χ1) is 8.31. The summed E-state index contributed by atoms with van der Waals surface area (Å²) >= 11 is 0. The summed E-state index contributed by atoms with van der Waals surface area (Å²) in [7, 11) is 1.72. The zero-order valence-electron chi connectivity index (χ0n) is 10.7. The Hall–Kier alpha value is -1.06. The topological polar surface area (TPSA) is 38.5 Å². The van der Waals surface area contributed by atoms with E-state index in [4.69, 9.17) is 10.5 Å². The minimum Gasteiger partial charge on any atom is -0.496 e. The fourth-order valence-corrected chi connectivity index (χ4v) is 2.52. The molecule has 1 aromatic rings. The molecule has 1 fully saturated rings. The number of hydrogen-bond donors (Lipinski definition) is 1. The molecule has 1 aromatic carbocycles. The molecule has 0 heterocycles. The zero-order valence-corrected chi connectivity index (χ0v) is 10.7. The maximum Gasteiger partial charge on any atom is 0.123 e. The Morgan fingerprint density at radius 1 is 1.41 bits per heavy atom. The van der Waals surface area contributed by atoms with Gasteiger partial charge in [-0.3, -0.25) is 4.90 Å². The Bertz CT molecular complexity index is 363. The van der Waals surface area contributed by atoms with Gasteiger partial charge in [-0.05, 0) is 25.5 Å². The zero-order chi connectivity index (χ0) is 12.3. The normalized spacial score (nSPS) is 17.2. The lowest BCUT2D eigenvalue weighted by atomic mass is 10.0. The van der Waals surface area contributed by atoms with Crippen molar-refractivity contribution in [3.05, 3.63) is 29.8 Å². The van der Waals surface area contributed by atoms with E-state index in [1.165, 1.54) is 18.4 Å². The fourth-order valence-electron chi connectivity index (χ4n) is 2.52. The molecule has 3 nitrogen and oxygen atoms in total. The van der Waals surface area contributed by atoms with Crippen LogP contribution in [0.4, 0.5) is 0 Å². The van der Waals surface area contributed by atoms with Crippen molar-refractivity contribution in [3.8, 4) is 5.75 Å². The molecule has 2 rings (SSSR count). The summed E-state index contributed by atoms with van der Waals surface area (Å²) in [5.41, 5.74) is 7.19. The summed E-state index contributed by atoms with van der Waals surface area (Å²) in [6.07, 6.45) is 2.61. The van der Waals surface area contributed by atoms with E-state index in [0.29, 0.717) is 6.54 Å². The van der Waals surface area contributed by atoms with Gasteiger partial charge in [-0.25, -0.2) is 0 Å². The molecular weight excluding hydrogens is 212 g/mol. The highest BCUT2D eigenvalue weighted by Crippen LogP contribution is 2.36. The average molecular weight is 234 g/mol. The Balaban J connectivity index is 2.26. The molecule has 1 unspecified atom stereocenters. The van der Waals surface area contributed by atoms with Crippen molar-refractivity contribution in [1.82, 2.24) is 4.90 Å². The fraction of sp³-hybridized carbons (Fsp3) is 0.571. The maximum absolute atomic E-state index is 5.97. The quantitative estimate of drug-likeness (QED) is 0.820. The van der Waals surface area contributed by atoms with Gasteiger partial charge in [0.15, 0.2) is 0 Å². The van der Waals surface area contributed by atoms with Crippen molar-refractivity contribution < 1.29 is 4.74 Å². The molecular formula is C14H22N2O. The Labute approximate surface area is 104 Å². The lowest BCUT2D eigenvalue weighted by molar-refractivity contribution is 0.198.